The second kappa shape index (κ2) is 6.91. The minimum Gasteiger partial charge on any atom is -0.312 e. The molecule has 0 amide bonds. The van der Waals surface area contributed by atoms with E-state index >= 15 is 0 Å². The zero-order valence-electron chi connectivity index (χ0n) is 14.6. The lowest BCUT2D eigenvalue weighted by atomic mass is 10.1. The Kier molecular flexibility index (Phi) is 4.71. The second-order valence-electron chi connectivity index (χ2n) is 6.87. The summed E-state index contributed by atoms with van der Waals surface area (Å²) in [6.45, 7) is 2.01. The molecule has 4 rings (SSSR count). The first-order chi connectivity index (χ1) is 12.8. The molecule has 0 aliphatic carbocycles. The molecule has 0 radical (unpaired) electrons. The molecular formula is C19H18F2N2O2S2. The lowest BCUT2D eigenvalue weighted by molar-refractivity contribution is 0.577. The fraction of sp³-hybridized carbons (Fsp3) is 0.316. The second-order valence-corrected chi connectivity index (χ2v) is 9.96. The van der Waals surface area contributed by atoms with Gasteiger partial charge in [-0.3, -0.25) is 4.99 Å². The molecule has 8 heteroatoms. The number of rotatable bonds is 3. The van der Waals surface area contributed by atoms with Crippen molar-refractivity contribution in [2.24, 2.45) is 4.99 Å². The number of thioether (sulfide) groups is 1. The number of hydrogen-bond donors (Lipinski definition) is 0. The molecule has 2 aliphatic heterocycles. The highest BCUT2D eigenvalue weighted by atomic mass is 32.2. The number of halogens is 2. The molecule has 2 heterocycles. The maximum Gasteiger partial charge on any atom is 0.164 e. The third-order valence-electron chi connectivity index (χ3n) is 4.73. The molecule has 142 valence electrons. The fourth-order valence-electron chi connectivity index (χ4n) is 3.54. The molecule has 0 unspecified atom stereocenters. The molecule has 27 heavy (non-hydrogen) atoms. The summed E-state index contributed by atoms with van der Waals surface area (Å²) in [5, 5.41) is 0.576. The van der Waals surface area contributed by atoms with Crippen LogP contribution in [0.5, 0.6) is 0 Å². The van der Waals surface area contributed by atoms with E-state index in [4.69, 9.17) is 0 Å². The van der Waals surface area contributed by atoms with E-state index < -0.39 is 33.6 Å². The van der Waals surface area contributed by atoms with Crippen molar-refractivity contribution in [3.05, 3.63) is 65.2 Å². The zero-order chi connectivity index (χ0) is 19.2. The maximum absolute atomic E-state index is 14.4. The molecule has 1 saturated heterocycles. The van der Waals surface area contributed by atoms with Crippen molar-refractivity contribution in [3.8, 4) is 0 Å². The number of sulfone groups is 1. The first kappa shape index (κ1) is 18.4. The van der Waals surface area contributed by atoms with Crippen LogP contribution in [0.1, 0.15) is 11.1 Å². The van der Waals surface area contributed by atoms with Gasteiger partial charge in [-0.1, -0.05) is 41.6 Å². The van der Waals surface area contributed by atoms with Crippen LogP contribution >= 0.6 is 11.8 Å². The summed E-state index contributed by atoms with van der Waals surface area (Å²) in [5.74, 6) is -0.870. The van der Waals surface area contributed by atoms with E-state index in [9.17, 15) is 17.2 Å². The Morgan fingerprint density at radius 1 is 1.19 bits per heavy atom. The summed E-state index contributed by atoms with van der Waals surface area (Å²) in [6.07, 6.45) is 0. The molecule has 2 aliphatic rings. The molecule has 4 nitrogen and oxygen atoms in total. The van der Waals surface area contributed by atoms with Crippen molar-refractivity contribution in [2.45, 2.75) is 24.8 Å². The van der Waals surface area contributed by atoms with Gasteiger partial charge in [0, 0.05) is 11.8 Å². The summed E-state index contributed by atoms with van der Waals surface area (Å²) in [6, 6.07) is 10.5. The SMILES string of the molecule is Cc1cccc(CSC2=N[C@@H]3CS(=O)(=O)C[C@@H]3N2c2ccc(F)cc2F)c1. The minimum absolute atomic E-state index is 0.0362. The lowest BCUT2D eigenvalue weighted by Crippen LogP contribution is -2.39. The normalized spacial score (nSPS) is 23.4. The molecule has 2 atom stereocenters. The Balaban J connectivity index is 1.65. The van der Waals surface area contributed by atoms with Gasteiger partial charge in [-0.05, 0) is 24.6 Å². The summed E-state index contributed by atoms with van der Waals surface area (Å²) in [7, 11) is -3.22. The van der Waals surface area contributed by atoms with E-state index in [1.807, 2.05) is 25.1 Å². The molecule has 2 aromatic carbocycles. The van der Waals surface area contributed by atoms with Crippen LogP contribution < -0.4 is 4.90 Å². The van der Waals surface area contributed by atoms with Gasteiger partial charge >= 0.3 is 0 Å². The Morgan fingerprint density at radius 3 is 2.74 bits per heavy atom. The number of aryl methyl sites for hydroxylation is 1. The molecule has 0 aromatic heterocycles. The van der Waals surface area contributed by atoms with Crippen LogP contribution in [0.25, 0.3) is 0 Å². The van der Waals surface area contributed by atoms with Gasteiger partial charge in [0.15, 0.2) is 15.0 Å². The van der Waals surface area contributed by atoms with Crippen LogP contribution in [0.3, 0.4) is 0 Å². The van der Waals surface area contributed by atoms with Gasteiger partial charge < -0.3 is 4.90 Å². The highest BCUT2D eigenvalue weighted by Gasteiger charge is 2.47. The predicted molar refractivity (Wildman–Crippen MR) is 105 cm³/mol. The monoisotopic (exact) mass is 408 g/mol. The molecular weight excluding hydrogens is 390 g/mol. The van der Waals surface area contributed by atoms with Crippen LogP contribution in [0.2, 0.25) is 0 Å². The summed E-state index contributed by atoms with van der Waals surface area (Å²) in [4.78, 5) is 6.20. The Labute approximate surface area is 161 Å². The van der Waals surface area contributed by atoms with Crippen LogP contribution in [-0.4, -0.2) is 37.2 Å². The third-order valence-corrected chi connectivity index (χ3v) is 7.46. The van der Waals surface area contributed by atoms with Crippen molar-refractivity contribution in [1.82, 2.24) is 0 Å². The summed E-state index contributed by atoms with van der Waals surface area (Å²) < 4.78 is 51.8. The predicted octanol–water partition coefficient (Wildman–Crippen LogP) is 3.55. The first-order valence-corrected chi connectivity index (χ1v) is 11.3. The lowest BCUT2D eigenvalue weighted by Gasteiger charge is -2.26. The number of aliphatic imine (C=N–C) groups is 1. The Hall–Kier alpha value is -1.93. The number of fused-ring (bicyclic) bond motifs is 1. The van der Waals surface area contributed by atoms with Crippen LogP contribution in [0.4, 0.5) is 14.5 Å². The minimum atomic E-state index is -3.22. The number of anilines is 1. The van der Waals surface area contributed by atoms with Crippen molar-refractivity contribution in [1.29, 1.82) is 0 Å². The van der Waals surface area contributed by atoms with E-state index in [-0.39, 0.29) is 17.2 Å². The van der Waals surface area contributed by atoms with Crippen molar-refractivity contribution >= 4 is 32.5 Å². The molecule has 2 aromatic rings. The van der Waals surface area contributed by atoms with Crippen molar-refractivity contribution in [2.75, 3.05) is 16.4 Å². The molecule has 0 saturated carbocycles. The highest BCUT2D eigenvalue weighted by molar-refractivity contribution is 8.13. The van der Waals surface area contributed by atoms with E-state index in [0.717, 1.165) is 17.2 Å². The van der Waals surface area contributed by atoms with Crippen LogP contribution in [0, 0.1) is 18.6 Å². The van der Waals surface area contributed by atoms with E-state index in [1.165, 1.54) is 23.9 Å². The van der Waals surface area contributed by atoms with Gasteiger partial charge in [-0.15, -0.1) is 0 Å². The average molecular weight is 408 g/mol. The Morgan fingerprint density at radius 2 is 2.00 bits per heavy atom. The van der Waals surface area contributed by atoms with Crippen LogP contribution in [0.15, 0.2) is 47.5 Å². The largest absolute Gasteiger partial charge is 0.312 e. The van der Waals surface area contributed by atoms with Gasteiger partial charge in [0.05, 0.1) is 29.3 Å². The number of hydrogen-bond acceptors (Lipinski definition) is 5. The molecule has 1 fully saturated rings. The van der Waals surface area contributed by atoms with Crippen molar-refractivity contribution in [3.63, 3.8) is 0 Å². The third kappa shape index (κ3) is 3.73. The molecule has 0 N–H and O–H groups in total. The maximum atomic E-state index is 14.4. The standard InChI is InChI=1S/C19H18F2N2O2S2/c1-12-3-2-4-13(7-12)9-26-19-22-16-10-27(24,25)11-18(16)23(19)17-6-5-14(20)8-15(17)21/h2-8,16,18H,9-11H2,1H3/t16-,18+/m1/s1. The molecule has 0 spiro atoms. The van der Waals surface area contributed by atoms with E-state index in [0.29, 0.717) is 10.9 Å². The van der Waals surface area contributed by atoms with E-state index in [1.54, 1.807) is 4.90 Å². The van der Waals surface area contributed by atoms with Crippen molar-refractivity contribution < 1.29 is 17.2 Å². The van der Waals surface area contributed by atoms with Gasteiger partial charge in [0.25, 0.3) is 0 Å². The van der Waals surface area contributed by atoms with Gasteiger partial charge in [0.2, 0.25) is 0 Å². The van der Waals surface area contributed by atoms with Gasteiger partial charge in [-0.25, -0.2) is 17.2 Å². The zero-order valence-corrected chi connectivity index (χ0v) is 16.2. The highest BCUT2D eigenvalue weighted by Crippen LogP contribution is 2.37. The van der Waals surface area contributed by atoms with Gasteiger partial charge in [0.1, 0.15) is 11.6 Å². The van der Waals surface area contributed by atoms with E-state index in [2.05, 4.69) is 11.1 Å². The number of nitrogens with zero attached hydrogens (tertiary/aromatic N) is 2. The molecule has 0 bridgehead atoms. The Bertz CT molecular complexity index is 1020. The first-order valence-electron chi connectivity index (χ1n) is 8.53. The topological polar surface area (TPSA) is 49.7 Å². The number of amidine groups is 1. The van der Waals surface area contributed by atoms with Gasteiger partial charge in [-0.2, -0.15) is 0 Å². The average Bonchev–Trinajstić information content (AvgIpc) is 3.05. The van der Waals surface area contributed by atoms with Crippen LogP contribution in [-0.2, 0) is 15.6 Å². The summed E-state index contributed by atoms with van der Waals surface area (Å²) >= 11 is 1.44. The summed E-state index contributed by atoms with van der Waals surface area (Å²) in [5.41, 5.74) is 2.41. The smallest absolute Gasteiger partial charge is 0.164 e. The fourth-order valence-corrected chi connectivity index (χ4v) is 6.44. The number of benzene rings is 2. The quantitative estimate of drug-likeness (QED) is 0.779.